The van der Waals surface area contributed by atoms with Crippen LogP contribution in [0.1, 0.15) is 23.6 Å². The summed E-state index contributed by atoms with van der Waals surface area (Å²) < 4.78 is 5.59. The molecule has 230 valence electrons. The van der Waals surface area contributed by atoms with E-state index < -0.39 is 41.9 Å². The smallest absolute Gasteiger partial charge is 0.408 e. The lowest BCUT2D eigenvalue weighted by Gasteiger charge is -2.31. The van der Waals surface area contributed by atoms with Crippen LogP contribution in [-0.4, -0.2) is 46.9 Å². The van der Waals surface area contributed by atoms with Gasteiger partial charge in [0.25, 0.3) is 0 Å². The van der Waals surface area contributed by atoms with Crippen molar-refractivity contribution in [3.63, 3.8) is 0 Å². The predicted molar refractivity (Wildman–Crippen MR) is 172 cm³/mol. The average molecular weight is 606 g/mol. The molecule has 0 bridgehead atoms. The third kappa shape index (κ3) is 7.66. The molecular formula is C35H35N5O5. The number of alkyl carbamates (subject to hydrolysis) is 1. The van der Waals surface area contributed by atoms with Crippen LogP contribution in [0.25, 0.3) is 21.7 Å². The van der Waals surface area contributed by atoms with E-state index >= 15 is 0 Å². The van der Waals surface area contributed by atoms with Gasteiger partial charge in [-0.25, -0.2) is 4.79 Å². The minimum Gasteiger partial charge on any atom is -0.445 e. The highest BCUT2D eigenvalue weighted by atomic mass is 16.5. The van der Waals surface area contributed by atoms with E-state index in [0.29, 0.717) is 0 Å². The zero-order chi connectivity index (χ0) is 31.8. The van der Waals surface area contributed by atoms with Gasteiger partial charge in [-0.2, -0.15) is 0 Å². The van der Waals surface area contributed by atoms with Crippen LogP contribution in [0, 0.1) is 0 Å². The number of ether oxygens (including phenoxy) is 1. The van der Waals surface area contributed by atoms with E-state index in [2.05, 4.69) is 20.9 Å². The molecule has 10 heteroatoms. The number of benzene rings is 4. The van der Waals surface area contributed by atoms with Crippen LogP contribution in [0.3, 0.4) is 0 Å². The number of amides is 4. The Labute approximate surface area is 260 Å². The monoisotopic (exact) mass is 605 g/mol. The topological polar surface area (TPSA) is 155 Å². The van der Waals surface area contributed by atoms with Crippen LogP contribution in [0.4, 0.5) is 4.79 Å². The molecule has 0 radical (unpaired) electrons. The van der Waals surface area contributed by atoms with Gasteiger partial charge in [-0.15, -0.1) is 0 Å². The number of hydrogen-bond acceptors (Lipinski definition) is 5. The molecule has 0 unspecified atom stereocenters. The zero-order valence-electron chi connectivity index (χ0n) is 24.8. The second-order valence-electron chi connectivity index (χ2n) is 11.1. The lowest BCUT2D eigenvalue weighted by Crippen LogP contribution is -2.62. The van der Waals surface area contributed by atoms with E-state index in [4.69, 9.17) is 10.5 Å². The van der Waals surface area contributed by atoms with E-state index in [1.165, 1.54) is 0 Å². The van der Waals surface area contributed by atoms with Gasteiger partial charge >= 0.3 is 6.09 Å². The summed E-state index contributed by atoms with van der Waals surface area (Å²) in [5.74, 6) is -1.91. The summed E-state index contributed by atoms with van der Waals surface area (Å²) >= 11 is 0. The summed E-state index contributed by atoms with van der Waals surface area (Å²) in [7, 11) is 0. The van der Waals surface area contributed by atoms with Crippen molar-refractivity contribution >= 4 is 45.5 Å². The van der Waals surface area contributed by atoms with Crippen LogP contribution < -0.4 is 21.7 Å². The zero-order valence-corrected chi connectivity index (χ0v) is 24.8. The number of nitrogens with two attached hydrogens (primary N) is 1. The second-order valence-corrected chi connectivity index (χ2v) is 11.1. The first kappa shape index (κ1) is 30.8. The maximum Gasteiger partial charge on any atom is 0.408 e. The third-order valence-corrected chi connectivity index (χ3v) is 7.67. The molecule has 4 amide bonds. The predicted octanol–water partition coefficient (Wildman–Crippen LogP) is 3.88. The van der Waals surface area contributed by atoms with E-state index in [1.54, 1.807) is 13.1 Å². The highest BCUT2D eigenvalue weighted by Gasteiger charge is 2.37. The van der Waals surface area contributed by atoms with E-state index in [-0.39, 0.29) is 19.4 Å². The first-order valence-electron chi connectivity index (χ1n) is 14.6. The fourth-order valence-corrected chi connectivity index (χ4v) is 5.38. The van der Waals surface area contributed by atoms with Gasteiger partial charge in [0.15, 0.2) is 0 Å². The Morgan fingerprint density at radius 2 is 1.53 bits per heavy atom. The largest absolute Gasteiger partial charge is 0.445 e. The van der Waals surface area contributed by atoms with Gasteiger partial charge in [0.2, 0.25) is 17.7 Å². The SMILES string of the molecule is C[C@@](Cc1ccccc1)(NC(=O)[C@H](Cc1c[nH]c2ccccc12)NC(=O)OCc1cccc2ccccc12)C(=O)NCC(N)=O. The number of carbonyl (C=O) groups is 4. The molecule has 0 aliphatic carbocycles. The van der Waals surface area contributed by atoms with Gasteiger partial charge in [-0.1, -0.05) is 91.0 Å². The van der Waals surface area contributed by atoms with Crippen molar-refractivity contribution in [2.45, 2.75) is 38.0 Å². The number of aromatic amines is 1. The van der Waals surface area contributed by atoms with Crippen molar-refractivity contribution in [2.24, 2.45) is 5.73 Å². The average Bonchev–Trinajstić information content (AvgIpc) is 3.45. The number of nitrogens with one attached hydrogen (secondary N) is 4. The first-order chi connectivity index (χ1) is 21.7. The third-order valence-electron chi connectivity index (χ3n) is 7.67. The van der Waals surface area contributed by atoms with Crippen LogP contribution in [-0.2, 0) is 38.6 Å². The van der Waals surface area contributed by atoms with Gasteiger partial charge in [-0.05, 0) is 40.5 Å². The lowest BCUT2D eigenvalue weighted by molar-refractivity contribution is -0.134. The van der Waals surface area contributed by atoms with Crippen LogP contribution in [0.2, 0.25) is 0 Å². The molecule has 0 saturated heterocycles. The molecule has 6 N–H and O–H groups in total. The molecule has 5 rings (SSSR count). The highest BCUT2D eigenvalue weighted by Crippen LogP contribution is 2.22. The van der Waals surface area contributed by atoms with E-state index in [0.717, 1.165) is 38.4 Å². The first-order valence-corrected chi connectivity index (χ1v) is 14.6. The molecule has 1 aromatic heterocycles. The normalized spacial score (nSPS) is 13.0. The van der Waals surface area contributed by atoms with Crippen molar-refractivity contribution in [1.29, 1.82) is 0 Å². The second kappa shape index (κ2) is 13.8. The van der Waals surface area contributed by atoms with Gasteiger partial charge < -0.3 is 31.4 Å². The molecular weight excluding hydrogens is 570 g/mol. The Morgan fingerprint density at radius 1 is 0.844 bits per heavy atom. The number of rotatable bonds is 12. The number of carbonyl (C=O) groups excluding carboxylic acids is 4. The quantitative estimate of drug-likeness (QED) is 0.146. The van der Waals surface area contributed by atoms with Gasteiger partial charge in [0, 0.05) is 29.9 Å². The number of aromatic nitrogens is 1. The fourth-order valence-electron chi connectivity index (χ4n) is 5.38. The maximum absolute atomic E-state index is 14.0. The highest BCUT2D eigenvalue weighted by molar-refractivity contribution is 5.96. The van der Waals surface area contributed by atoms with Gasteiger partial charge in [0.1, 0.15) is 18.2 Å². The summed E-state index contributed by atoms with van der Waals surface area (Å²) in [6.45, 7) is 1.17. The number of primary amides is 1. The summed E-state index contributed by atoms with van der Waals surface area (Å²) in [6.07, 6.45) is 1.24. The van der Waals surface area contributed by atoms with Crippen LogP contribution >= 0.6 is 0 Å². The van der Waals surface area contributed by atoms with Crippen LogP contribution in [0.15, 0.2) is 103 Å². The number of fused-ring (bicyclic) bond motifs is 2. The summed E-state index contributed by atoms with van der Waals surface area (Å²) in [5, 5.41) is 10.9. The van der Waals surface area contributed by atoms with Gasteiger partial charge in [-0.3, -0.25) is 14.4 Å². The van der Waals surface area contributed by atoms with Gasteiger partial charge in [0.05, 0.1) is 6.54 Å². The molecule has 2 atom stereocenters. The number of para-hydroxylation sites is 1. The Hall–Kier alpha value is -5.64. The van der Waals surface area contributed by atoms with E-state index in [1.807, 2.05) is 97.1 Å². The maximum atomic E-state index is 14.0. The van der Waals surface area contributed by atoms with Crippen molar-refractivity contribution in [3.8, 4) is 0 Å². The standard InChI is InChI=1S/C35H35N5O5/c1-35(33(43)38-21-31(36)41,19-23-10-3-2-4-11-23)40-32(42)30(18-26-20-37-29-17-8-7-16-28(26)29)39-34(44)45-22-25-14-9-13-24-12-5-6-15-27(24)25/h2-17,20,30,37H,18-19,21-22H2,1H3,(H2,36,41)(H,38,43)(H,39,44)(H,40,42)/t30-,35-/m0/s1. The van der Waals surface area contributed by atoms with E-state index in [9.17, 15) is 19.2 Å². The molecule has 0 aliphatic rings. The molecule has 45 heavy (non-hydrogen) atoms. The molecule has 0 spiro atoms. The Morgan fingerprint density at radius 3 is 2.31 bits per heavy atom. The Balaban J connectivity index is 1.38. The molecule has 0 aliphatic heterocycles. The number of hydrogen-bond donors (Lipinski definition) is 5. The summed E-state index contributed by atoms with van der Waals surface area (Å²) in [6, 6.07) is 29.2. The Bertz CT molecular complexity index is 1830. The number of H-pyrrole nitrogens is 1. The minimum absolute atomic E-state index is 0.00411. The minimum atomic E-state index is -1.49. The summed E-state index contributed by atoms with van der Waals surface area (Å²) in [5.41, 5.74) is 7.05. The molecule has 1 heterocycles. The van der Waals surface area contributed by atoms with Crippen molar-refractivity contribution in [2.75, 3.05) is 6.54 Å². The van der Waals surface area contributed by atoms with Crippen LogP contribution in [0.5, 0.6) is 0 Å². The fraction of sp³-hybridized carbons (Fsp3) is 0.200. The molecule has 4 aromatic carbocycles. The summed E-state index contributed by atoms with van der Waals surface area (Å²) in [4.78, 5) is 55.1. The molecule has 0 saturated carbocycles. The lowest BCUT2D eigenvalue weighted by atomic mass is 9.90. The molecule has 10 nitrogen and oxygen atoms in total. The van der Waals surface area contributed by atoms with Crippen molar-refractivity contribution < 1.29 is 23.9 Å². The van der Waals surface area contributed by atoms with Crippen molar-refractivity contribution in [3.05, 3.63) is 120 Å². The Kier molecular flexibility index (Phi) is 9.43. The molecule has 5 aromatic rings. The van der Waals surface area contributed by atoms with Crippen molar-refractivity contribution in [1.82, 2.24) is 20.9 Å². The molecule has 0 fully saturated rings.